The molecule has 1 N–H and O–H groups in total. The van der Waals surface area contributed by atoms with Crippen molar-refractivity contribution in [3.63, 3.8) is 0 Å². The Morgan fingerprint density at radius 2 is 2.00 bits per heavy atom. The van der Waals surface area contributed by atoms with Crippen LogP contribution in [0.5, 0.6) is 5.75 Å². The van der Waals surface area contributed by atoms with Crippen LogP contribution in [0.3, 0.4) is 0 Å². The first kappa shape index (κ1) is 17.2. The van der Waals surface area contributed by atoms with E-state index in [1.165, 1.54) is 11.8 Å². The zero-order valence-corrected chi connectivity index (χ0v) is 16.0. The average Bonchev–Trinajstić information content (AvgIpc) is 2.88. The number of ether oxygens (including phenoxy) is 1. The molecule has 3 nitrogen and oxygen atoms in total. The molecule has 1 amide bonds. The molecule has 1 aliphatic rings. The van der Waals surface area contributed by atoms with Crippen molar-refractivity contribution in [2.45, 2.75) is 13.0 Å². The average molecular weight is 420 g/mol. The van der Waals surface area contributed by atoms with Crippen LogP contribution in [0.2, 0.25) is 0 Å². The van der Waals surface area contributed by atoms with Crippen LogP contribution in [0, 0.1) is 0 Å². The van der Waals surface area contributed by atoms with Crippen molar-refractivity contribution < 1.29 is 9.53 Å². The Morgan fingerprint density at radius 1 is 1.25 bits per heavy atom. The minimum Gasteiger partial charge on any atom is -0.485 e. The van der Waals surface area contributed by atoms with Gasteiger partial charge in [-0.1, -0.05) is 70.2 Å². The summed E-state index contributed by atoms with van der Waals surface area (Å²) in [6, 6.07) is 15.7. The van der Waals surface area contributed by atoms with Crippen molar-refractivity contribution in [3.8, 4) is 5.75 Å². The standard InChI is InChI=1S/C18H14BrNO2S2/c1-11(12-5-3-2-4-6-12)22-15-8-7-14(19)9-13(15)10-16-17(21)20-18(23)24-16/h2-11H,1H3,(H,20,21,23). The minimum atomic E-state index is -0.174. The molecule has 1 atom stereocenters. The fraction of sp³-hybridized carbons (Fsp3) is 0.111. The predicted molar refractivity (Wildman–Crippen MR) is 106 cm³/mol. The minimum absolute atomic E-state index is 0.101. The first-order chi connectivity index (χ1) is 11.5. The van der Waals surface area contributed by atoms with E-state index < -0.39 is 0 Å². The second-order valence-corrected chi connectivity index (χ2v) is 7.84. The number of benzene rings is 2. The van der Waals surface area contributed by atoms with Crippen molar-refractivity contribution in [1.29, 1.82) is 0 Å². The summed E-state index contributed by atoms with van der Waals surface area (Å²) in [5.74, 6) is 0.542. The molecule has 3 rings (SSSR count). The summed E-state index contributed by atoms with van der Waals surface area (Å²) < 4.78 is 7.51. The van der Waals surface area contributed by atoms with Gasteiger partial charge in [-0.3, -0.25) is 4.79 Å². The van der Waals surface area contributed by atoms with E-state index >= 15 is 0 Å². The summed E-state index contributed by atoms with van der Waals surface area (Å²) in [4.78, 5) is 12.5. The fourth-order valence-corrected chi connectivity index (χ4v) is 3.70. The number of halogens is 1. The first-order valence-corrected chi connectivity index (χ1v) is 9.31. The number of rotatable bonds is 4. The Labute approximate surface area is 158 Å². The molecular weight excluding hydrogens is 406 g/mol. The fourth-order valence-electron chi connectivity index (χ4n) is 2.28. The summed E-state index contributed by atoms with van der Waals surface area (Å²) in [7, 11) is 0. The van der Waals surface area contributed by atoms with Gasteiger partial charge in [0.1, 0.15) is 16.2 Å². The van der Waals surface area contributed by atoms with Crippen molar-refractivity contribution >= 4 is 56.2 Å². The quantitative estimate of drug-likeness (QED) is 0.553. The topological polar surface area (TPSA) is 38.3 Å². The molecule has 6 heteroatoms. The van der Waals surface area contributed by atoms with Gasteiger partial charge < -0.3 is 10.1 Å². The van der Waals surface area contributed by atoms with Gasteiger partial charge >= 0.3 is 0 Å². The summed E-state index contributed by atoms with van der Waals surface area (Å²) in [6.07, 6.45) is 1.70. The maximum Gasteiger partial charge on any atom is 0.263 e. The Hall–Kier alpha value is -1.63. The molecule has 1 unspecified atom stereocenters. The molecule has 1 heterocycles. The number of thioether (sulfide) groups is 1. The highest BCUT2D eigenvalue weighted by Crippen LogP contribution is 2.33. The van der Waals surface area contributed by atoms with Gasteiger partial charge in [-0.25, -0.2) is 0 Å². The lowest BCUT2D eigenvalue weighted by molar-refractivity contribution is -0.115. The molecule has 1 saturated heterocycles. The lowest BCUT2D eigenvalue weighted by atomic mass is 10.1. The number of hydrogen-bond acceptors (Lipinski definition) is 4. The van der Waals surface area contributed by atoms with Crippen molar-refractivity contribution in [2.24, 2.45) is 0 Å². The largest absolute Gasteiger partial charge is 0.485 e. The molecule has 0 aromatic heterocycles. The normalized spacial score (nSPS) is 17.0. The van der Waals surface area contributed by atoms with E-state index in [1.54, 1.807) is 6.08 Å². The van der Waals surface area contributed by atoms with Crippen LogP contribution < -0.4 is 10.1 Å². The van der Waals surface area contributed by atoms with Gasteiger partial charge in [-0.05, 0) is 36.8 Å². The van der Waals surface area contributed by atoms with E-state index in [0.717, 1.165) is 15.6 Å². The summed E-state index contributed by atoms with van der Waals surface area (Å²) in [5.41, 5.74) is 1.92. The molecule has 24 heavy (non-hydrogen) atoms. The van der Waals surface area contributed by atoms with Gasteiger partial charge in [0.05, 0.1) is 4.91 Å². The third kappa shape index (κ3) is 4.06. The van der Waals surface area contributed by atoms with Crippen LogP contribution in [0.1, 0.15) is 24.2 Å². The second kappa shape index (κ2) is 7.51. The highest BCUT2D eigenvalue weighted by molar-refractivity contribution is 9.10. The zero-order chi connectivity index (χ0) is 17.1. The van der Waals surface area contributed by atoms with E-state index in [-0.39, 0.29) is 12.0 Å². The van der Waals surface area contributed by atoms with Crippen LogP contribution >= 0.6 is 39.9 Å². The van der Waals surface area contributed by atoms with Crippen LogP contribution in [0.4, 0.5) is 0 Å². The molecule has 0 saturated carbocycles. The Kier molecular flexibility index (Phi) is 5.38. The highest BCUT2D eigenvalue weighted by atomic mass is 79.9. The molecule has 2 aromatic rings. The number of thiocarbonyl (C=S) groups is 1. The lowest BCUT2D eigenvalue weighted by Crippen LogP contribution is -2.17. The van der Waals surface area contributed by atoms with E-state index in [2.05, 4.69) is 21.2 Å². The number of hydrogen-bond donors (Lipinski definition) is 1. The third-order valence-corrected chi connectivity index (χ3v) is 5.13. The second-order valence-electron chi connectivity index (χ2n) is 5.21. The van der Waals surface area contributed by atoms with Gasteiger partial charge in [0.2, 0.25) is 0 Å². The van der Waals surface area contributed by atoms with E-state index in [0.29, 0.717) is 15.0 Å². The molecule has 1 aliphatic heterocycles. The molecular formula is C18H14BrNO2S2. The maximum absolute atomic E-state index is 11.9. The molecule has 0 bridgehead atoms. The molecule has 2 aromatic carbocycles. The predicted octanol–water partition coefficient (Wildman–Crippen LogP) is 5.08. The highest BCUT2D eigenvalue weighted by Gasteiger charge is 2.22. The smallest absolute Gasteiger partial charge is 0.263 e. The Balaban J connectivity index is 1.90. The third-order valence-electron chi connectivity index (χ3n) is 3.47. The molecule has 0 spiro atoms. The lowest BCUT2D eigenvalue weighted by Gasteiger charge is -2.17. The van der Waals surface area contributed by atoms with E-state index in [9.17, 15) is 4.79 Å². The van der Waals surface area contributed by atoms with E-state index in [4.69, 9.17) is 17.0 Å². The summed E-state index contributed by atoms with van der Waals surface area (Å²) in [5, 5.41) is 2.62. The zero-order valence-electron chi connectivity index (χ0n) is 12.8. The van der Waals surface area contributed by atoms with Gasteiger partial charge in [0.25, 0.3) is 5.91 Å². The van der Waals surface area contributed by atoms with Gasteiger partial charge in [-0.15, -0.1) is 0 Å². The van der Waals surface area contributed by atoms with Gasteiger partial charge in [-0.2, -0.15) is 0 Å². The van der Waals surface area contributed by atoms with Crippen LogP contribution in [-0.4, -0.2) is 10.2 Å². The van der Waals surface area contributed by atoms with Crippen molar-refractivity contribution in [1.82, 2.24) is 5.32 Å². The maximum atomic E-state index is 11.9. The number of amides is 1. The number of carbonyl (C=O) groups excluding carboxylic acids is 1. The molecule has 1 fully saturated rings. The van der Waals surface area contributed by atoms with Crippen LogP contribution in [0.15, 0.2) is 57.9 Å². The summed E-state index contributed by atoms with van der Waals surface area (Å²) >= 11 is 9.76. The van der Waals surface area contributed by atoms with Crippen LogP contribution in [-0.2, 0) is 4.79 Å². The van der Waals surface area contributed by atoms with Crippen LogP contribution in [0.25, 0.3) is 6.08 Å². The number of nitrogens with one attached hydrogen (secondary N) is 1. The molecule has 0 aliphatic carbocycles. The monoisotopic (exact) mass is 419 g/mol. The molecule has 122 valence electrons. The van der Waals surface area contributed by atoms with Crippen molar-refractivity contribution in [3.05, 3.63) is 69.0 Å². The SMILES string of the molecule is CC(Oc1ccc(Br)cc1C=C1SC(=S)NC1=O)c1ccccc1. The first-order valence-electron chi connectivity index (χ1n) is 7.29. The molecule has 0 radical (unpaired) electrons. The Morgan fingerprint density at radius 3 is 2.67 bits per heavy atom. The summed E-state index contributed by atoms with van der Waals surface area (Å²) in [6.45, 7) is 2.00. The van der Waals surface area contributed by atoms with Gasteiger partial charge in [0.15, 0.2) is 0 Å². The van der Waals surface area contributed by atoms with Gasteiger partial charge in [0, 0.05) is 10.0 Å². The number of carbonyl (C=O) groups is 1. The Bertz CT molecular complexity index is 821. The van der Waals surface area contributed by atoms with Crippen molar-refractivity contribution in [2.75, 3.05) is 0 Å². The van der Waals surface area contributed by atoms with E-state index in [1.807, 2.05) is 55.5 Å².